The quantitative estimate of drug-likeness (QED) is 0.521. The molecule has 0 saturated carbocycles. The molecular formula is C17H17N3O3S. The Morgan fingerprint density at radius 3 is 2.75 bits per heavy atom. The third-order valence-electron chi connectivity index (χ3n) is 3.54. The predicted molar refractivity (Wildman–Crippen MR) is 90.4 cm³/mol. The number of para-hydroxylation sites is 1. The van der Waals surface area contributed by atoms with Gasteiger partial charge >= 0.3 is 5.97 Å². The first kappa shape index (κ1) is 16.3. The topological polar surface area (TPSA) is 70.2 Å². The fraction of sp³-hybridized carbons (Fsp3) is 0.235. The summed E-state index contributed by atoms with van der Waals surface area (Å²) in [5.74, 6) is 1.76. The number of thioether (sulfide) groups is 1. The summed E-state index contributed by atoms with van der Waals surface area (Å²) in [4.78, 5) is 11.4. The average Bonchev–Trinajstić information content (AvgIpc) is 3.20. The van der Waals surface area contributed by atoms with E-state index in [4.69, 9.17) is 4.42 Å². The molecule has 0 saturated heterocycles. The molecule has 7 heteroatoms. The third kappa shape index (κ3) is 3.21. The molecule has 0 N–H and O–H groups in total. The highest BCUT2D eigenvalue weighted by molar-refractivity contribution is 7.98. The number of methoxy groups -OCH3 is 1. The van der Waals surface area contributed by atoms with Crippen LogP contribution >= 0.6 is 11.8 Å². The van der Waals surface area contributed by atoms with E-state index in [1.807, 2.05) is 29.7 Å². The maximum atomic E-state index is 11.4. The number of aryl methyl sites for hydroxylation is 2. The van der Waals surface area contributed by atoms with Crippen LogP contribution in [0.25, 0.3) is 5.69 Å². The number of hydrogen-bond donors (Lipinski definition) is 0. The molecule has 0 aliphatic carbocycles. The van der Waals surface area contributed by atoms with Gasteiger partial charge in [-0.2, -0.15) is 0 Å². The second kappa shape index (κ2) is 6.92. The van der Waals surface area contributed by atoms with Crippen molar-refractivity contribution in [1.29, 1.82) is 0 Å². The fourth-order valence-electron chi connectivity index (χ4n) is 2.33. The second-order valence-corrected chi connectivity index (χ2v) is 6.14. The molecule has 0 amide bonds. The largest absolute Gasteiger partial charge is 0.463 e. The van der Waals surface area contributed by atoms with Crippen LogP contribution in [0.5, 0.6) is 0 Å². The van der Waals surface area contributed by atoms with Crippen LogP contribution in [0.1, 0.15) is 27.7 Å². The van der Waals surface area contributed by atoms with Crippen LogP contribution in [0.15, 0.2) is 46.0 Å². The number of furan rings is 1. The van der Waals surface area contributed by atoms with Gasteiger partial charge in [0.2, 0.25) is 5.76 Å². The van der Waals surface area contributed by atoms with Crippen LogP contribution in [-0.2, 0) is 10.5 Å². The summed E-state index contributed by atoms with van der Waals surface area (Å²) in [6.45, 7) is 3.98. The van der Waals surface area contributed by atoms with E-state index < -0.39 is 5.97 Å². The monoisotopic (exact) mass is 343 g/mol. The zero-order valence-electron chi connectivity index (χ0n) is 13.6. The van der Waals surface area contributed by atoms with Crippen molar-refractivity contribution in [2.24, 2.45) is 0 Å². The first-order chi connectivity index (χ1) is 11.6. The van der Waals surface area contributed by atoms with Gasteiger partial charge in [0.25, 0.3) is 0 Å². The van der Waals surface area contributed by atoms with Gasteiger partial charge in [-0.25, -0.2) is 4.79 Å². The van der Waals surface area contributed by atoms with E-state index >= 15 is 0 Å². The molecule has 0 radical (unpaired) electrons. The van der Waals surface area contributed by atoms with Gasteiger partial charge < -0.3 is 9.15 Å². The van der Waals surface area contributed by atoms with Crippen LogP contribution in [0.4, 0.5) is 0 Å². The molecule has 0 spiro atoms. The molecular weight excluding hydrogens is 326 g/mol. The van der Waals surface area contributed by atoms with Crippen molar-refractivity contribution in [2.45, 2.75) is 24.8 Å². The number of carbonyl (C=O) groups is 1. The minimum Gasteiger partial charge on any atom is -0.463 e. The van der Waals surface area contributed by atoms with E-state index in [1.165, 1.54) is 18.9 Å². The van der Waals surface area contributed by atoms with E-state index in [-0.39, 0.29) is 5.76 Å². The third-order valence-corrected chi connectivity index (χ3v) is 4.49. The maximum absolute atomic E-state index is 11.4. The lowest BCUT2D eigenvalue weighted by molar-refractivity contribution is 0.0563. The fourth-order valence-corrected chi connectivity index (χ4v) is 3.21. The lowest BCUT2D eigenvalue weighted by atomic mass is 10.2. The molecule has 0 atom stereocenters. The van der Waals surface area contributed by atoms with Crippen molar-refractivity contribution >= 4 is 17.7 Å². The first-order valence-corrected chi connectivity index (χ1v) is 8.36. The zero-order valence-corrected chi connectivity index (χ0v) is 14.5. The number of ether oxygens (including phenoxy) is 1. The number of esters is 1. The van der Waals surface area contributed by atoms with Gasteiger partial charge in [-0.05, 0) is 37.6 Å². The lowest BCUT2D eigenvalue weighted by Crippen LogP contribution is -2.01. The summed E-state index contributed by atoms with van der Waals surface area (Å²) >= 11 is 1.50. The summed E-state index contributed by atoms with van der Waals surface area (Å²) in [5, 5.41) is 9.21. The zero-order chi connectivity index (χ0) is 17.1. The van der Waals surface area contributed by atoms with Gasteiger partial charge in [0.1, 0.15) is 11.6 Å². The Hall–Kier alpha value is -2.54. The average molecular weight is 343 g/mol. The molecule has 0 bridgehead atoms. The number of nitrogens with zero attached hydrogens (tertiary/aromatic N) is 3. The van der Waals surface area contributed by atoms with Crippen molar-refractivity contribution in [2.75, 3.05) is 7.11 Å². The molecule has 3 rings (SSSR count). The van der Waals surface area contributed by atoms with Gasteiger partial charge in [-0.3, -0.25) is 4.57 Å². The number of hydrogen-bond acceptors (Lipinski definition) is 6. The van der Waals surface area contributed by atoms with Crippen LogP contribution < -0.4 is 0 Å². The van der Waals surface area contributed by atoms with Gasteiger partial charge in [0.05, 0.1) is 18.6 Å². The van der Waals surface area contributed by atoms with E-state index in [0.717, 1.165) is 22.2 Å². The Balaban J connectivity index is 1.81. The van der Waals surface area contributed by atoms with Crippen LogP contribution in [-0.4, -0.2) is 27.8 Å². The molecule has 24 heavy (non-hydrogen) atoms. The van der Waals surface area contributed by atoms with Gasteiger partial charge in [0.15, 0.2) is 5.16 Å². The Morgan fingerprint density at radius 1 is 1.21 bits per heavy atom. The lowest BCUT2D eigenvalue weighted by Gasteiger charge is -2.10. The second-order valence-electron chi connectivity index (χ2n) is 5.20. The minimum atomic E-state index is -0.481. The summed E-state index contributed by atoms with van der Waals surface area (Å²) < 4.78 is 12.1. The molecule has 0 unspecified atom stereocenters. The Labute approximate surface area is 143 Å². The van der Waals surface area contributed by atoms with Crippen molar-refractivity contribution in [3.63, 3.8) is 0 Å². The molecule has 3 aromatic rings. The maximum Gasteiger partial charge on any atom is 0.373 e. The molecule has 1 aromatic carbocycles. The van der Waals surface area contributed by atoms with Crippen molar-refractivity contribution in [1.82, 2.24) is 14.8 Å². The number of carbonyl (C=O) groups excluding carboxylic acids is 1. The number of benzene rings is 1. The van der Waals surface area contributed by atoms with Gasteiger partial charge in [-0.1, -0.05) is 30.0 Å². The van der Waals surface area contributed by atoms with Crippen molar-refractivity contribution in [3.05, 3.63) is 59.3 Å². The van der Waals surface area contributed by atoms with Crippen LogP contribution in [0.3, 0.4) is 0 Å². The summed E-state index contributed by atoms with van der Waals surface area (Å²) in [7, 11) is 1.33. The standard InChI is InChI=1S/C17H17N3O3S/c1-11-6-4-5-7-14(11)20-12(2)18-19-17(20)24-10-13-8-9-15(23-13)16(21)22-3/h4-9H,10H2,1-3H3. The van der Waals surface area contributed by atoms with Gasteiger partial charge in [-0.15, -0.1) is 10.2 Å². The Bertz CT molecular complexity index is 870. The SMILES string of the molecule is COC(=O)c1ccc(CSc2nnc(C)n2-c2ccccc2C)o1. The normalized spacial score (nSPS) is 10.8. The molecule has 2 heterocycles. The smallest absolute Gasteiger partial charge is 0.373 e. The molecule has 124 valence electrons. The summed E-state index contributed by atoms with van der Waals surface area (Å²) in [6.07, 6.45) is 0. The highest BCUT2D eigenvalue weighted by atomic mass is 32.2. The Kier molecular flexibility index (Phi) is 4.71. The number of aromatic nitrogens is 3. The van der Waals surface area contributed by atoms with Crippen LogP contribution in [0.2, 0.25) is 0 Å². The predicted octanol–water partition coefficient (Wildman–Crippen LogP) is 3.56. The summed E-state index contributed by atoms with van der Waals surface area (Å²) in [5.41, 5.74) is 2.20. The van der Waals surface area contributed by atoms with E-state index in [1.54, 1.807) is 12.1 Å². The van der Waals surface area contributed by atoms with Gasteiger partial charge in [0, 0.05) is 0 Å². The number of rotatable bonds is 5. The molecule has 0 aliphatic heterocycles. The van der Waals surface area contributed by atoms with Crippen LogP contribution in [0, 0.1) is 13.8 Å². The van der Waals surface area contributed by atoms with E-state index in [2.05, 4.69) is 27.9 Å². The highest BCUT2D eigenvalue weighted by Gasteiger charge is 2.15. The summed E-state index contributed by atoms with van der Waals surface area (Å²) in [6, 6.07) is 11.5. The molecule has 6 nitrogen and oxygen atoms in total. The molecule has 0 fully saturated rings. The van der Waals surface area contributed by atoms with Crippen molar-refractivity contribution in [3.8, 4) is 5.69 Å². The highest BCUT2D eigenvalue weighted by Crippen LogP contribution is 2.27. The molecule has 2 aromatic heterocycles. The van der Waals surface area contributed by atoms with Crippen molar-refractivity contribution < 1.29 is 13.9 Å². The Morgan fingerprint density at radius 2 is 2.00 bits per heavy atom. The van der Waals surface area contributed by atoms with E-state index in [9.17, 15) is 4.79 Å². The first-order valence-electron chi connectivity index (χ1n) is 7.38. The minimum absolute atomic E-state index is 0.199. The van der Waals surface area contributed by atoms with E-state index in [0.29, 0.717) is 11.5 Å². The molecule has 0 aliphatic rings.